The van der Waals surface area contributed by atoms with Gasteiger partial charge in [-0.05, 0) is 67.1 Å². The van der Waals surface area contributed by atoms with E-state index in [1.165, 1.54) is 11.6 Å². The van der Waals surface area contributed by atoms with Crippen molar-refractivity contribution in [3.63, 3.8) is 0 Å². The Morgan fingerprint density at radius 1 is 1.11 bits per heavy atom. The zero-order chi connectivity index (χ0) is 27.2. The molecule has 2 heterocycles. The van der Waals surface area contributed by atoms with Crippen molar-refractivity contribution in [1.82, 2.24) is 9.88 Å². The fraction of sp³-hybridized carbons (Fsp3) is 0.500. The number of fused-ring (bicyclic) bond motifs is 2. The van der Waals surface area contributed by atoms with Gasteiger partial charge in [0.15, 0.2) is 0 Å². The van der Waals surface area contributed by atoms with E-state index in [1.807, 2.05) is 53.1 Å². The zero-order valence-corrected chi connectivity index (χ0v) is 24.0. The molecule has 0 N–H and O–H groups in total. The molecule has 1 aromatic rings. The van der Waals surface area contributed by atoms with Crippen LogP contribution in [0.2, 0.25) is 0 Å². The van der Waals surface area contributed by atoms with E-state index in [9.17, 15) is 9.59 Å². The van der Waals surface area contributed by atoms with Gasteiger partial charge in [-0.2, -0.15) is 0 Å². The number of likely N-dealkylation sites (N-methyl/N-ethyl adjacent to an activating group) is 1. The van der Waals surface area contributed by atoms with Gasteiger partial charge < -0.3 is 14.4 Å². The number of aromatic nitrogens is 1. The molecule has 7 heteroatoms. The second kappa shape index (κ2) is 16.2. The topological polar surface area (TPSA) is 68.7 Å². The summed E-state index contributed by atoms with van der Waals surface area (Å²) in [4.78, 5) is 31.6. The van der Waals surface area contributed by atoms with Crippen molar-refractivity contribution in [1.29, 1.82) is 0 Å². The predicted octanol–water partition coefficient (Wildman–Crippen LogP) is 6.16. The van der Waals surface area contributed by atoms with Gasteiger partial charge >= 0.3 is 11.9 Å². The number of thiazole rings is 1. The average Bonchev–Trinajstić information content (AvgIpc) is 3.25. The summed E-state index contributed by atoms with van der Waals surface area (Å²) in [7, 11) is 4.08. The highest BCUT2D eigenvalue weighted by Crippen LogP contribution is 2.18. The summed E-state index contributed by atoms with van der Waals surface area (Å²) >= 11 is 1.58. The van der Waals surface area contributed by atoms with Crippen LogP contribution in [0.15, 0.2) is 64.6 Å². The van der Waals surface area contributed by atoms with Crippen LogP contribution in [-0.2, 0) is 31.9 Å². The molecule has 0 aromatic carbocycles. The molecule has 0 spiro atoms. The van der Waals surface area contributed by atoms with Gasteiger partial charge in [-0.3, -0.25) is 4.79 Å². The van der Waals surface area contributed by atoms with Crippen LogP contribution in [0.25, 0.3) is 0 Å². The van der Waals surface area contributed by atoms with Gasteiger partial charge in [-0.1, -0.05) is 47.1 Å². The molecule has 2 rings (SSSR count). The van der Waals surface area contributed by atoms with Crippen molar-refractivity contribution in [3.05, 3.63) is 75.3 Å². The van der Waals surface area contributed by atoms with E-state index in [0.717, 1.165) is 47.7 Å². The highest BCUT2D eigenvalue weighted by Gasteiger charge is 2.15. The Morgan fingerprint density at radius 3 is 2.59 bits per heavy atom. The van der Waals surface area contributed by atoms with E-state index in [4.69, 9.17) is 14.5 Å². The van der Waals surface area contributed by atoms with Crippen LogP contribution in [-0.4, -0.2) is 54.7 Å². The van der Waals surface area contributed by atoms with Crippen molar-refractivity contribution >= 4 is 23.3 Å². The van der Waals surface area contributed by atoms with Crippen LogP contribution in [0.3, 0.4) is 0 Å². The Morgan fingerprint density at radius 2 is 1.84 bits per heavy atom. The third kappa shape index (κ3) is 13.4. The second-order valence-electron chi connectivity index (χ2n) is 9.95. The molecule has 0 amide bonds. The fourth-order valence-electron chi connectivity index (χ4n) is 3.77. The van der Waals surface area contributed by atoms with Crippen LogP contribution in [0.4, 0.5) is 0 Å². The summed E-state index contributed by atoms with van der Waals surface area (Å²) in [5.41, 5.74) is 4.22. The molecule has 0 saturated carbocycles. The Bertz CT molecular complexity index is 1050. The lowest BCUT2D eigenvalue weighted by Crippen LogP contribution is -2.17. The number of carbonyl (C=O) groups is 2. The smallest absolute Gasteiger partial charge is 0.331 e. The third-order valence-corrected chi connectivity index (χ3v) is 6.62. The maximum atomic E-state index is 12.6. The van der Waals surface area contributed by atoms with Gasteiger partial charge in [-0.25, -0.2) is 9.78 Å². The molecular weight excluding hydrogens is 484 g/mol. The largest absolute Gasteiger partial charge is 0.462 e. The quantitative estimate of drug-likeness (QED) is 0.338. The first-order chi connectivity index (χ1) is 17.6. The highest BCUT2D eigenvalue weighted by atomic mass is 32.1. The number of nitrogens with zero attached hydrogens (tertiary/aromatic N) is 2. The summed E-state index contributed by atoms with van der Waals surface area (Å²) in [6.45, 7) is 8.82. The molecule has 0 aliphatic carbocycles. The van der Waals surface area contributed by atoms with Crippen LogP contribution >= 0.6 is 11.3 Å². The van der Waals surface area contributed by atoms with Crippen molar-refractivity contribution in [3.8, 4) is 0 Å². The molecular formula is C30H42N2O4S. The fourth-order valence-corrected chi connectivity index (χ4v) is 4.64. The Labute approximate surface area is 226 Å². The lowest BCUT2D eigenvalue weighted by molar-refractivity contribution is -0.148. The first-order valence-corrected chi connectivity index (χ1v) is 13.8. The first kappa shape index (κ1) is 30.5. The summed E-state index contributed by atoms with van der Waals surface area (Å²) in [5, 5.41) is 2.98. The molecule has 1 aliphatic heterocycles. The third-order valence-electron chi connectivity index (χ3n) is 5.70. The molecule has 6 nitrogen and oxygen atoms in total. The summed E-state index contributed by atoms with van der Waals surface area (Å²) in [6.07, 6.45) is 16.6. The van der Waals surface area contributed by atoms with E-state index >= 15 is 0 Å². The Hall–Kier alpha value is -2.77. The maximum absolute atomic E-state index is 12.6. The molecule has 0 saturated heterocycles. The number of allylic oxidation sites excluding steroid dienone is 6. The Balaban J connectivity index is 2.21. The van der Waals surface area contributed by atoms with Crippen molar-refractivity contribution in [2.45, 2.75) is 78.4 Å². The molecule has 1 aromatic heterocycles. The van der Waals surface area contributed by atoms with Crippen LogP contribution < -0.4 is 0 Å². The highest BCUT2D eigenvalue weighted by molar-refractivity contribution is 7.09. The van der Waals surface area contributed by atoms with Crippen LogP contribution in [0, 0.1) is 0 Å². The predicted molar refractivity (Wildman–Crippen MR) is 152 cm³/mol. The van der Waals surface area contributed by atoms with Crippen molar-refractivity contribution < 1.29 is 19.1 Å². The SMILES string of the molecule is CC(/C=C/C(C)=C/C1Cc2nc(cs2)CCCCC(=O)OC(C)C/C(C)=C/C=C\C(=O)O1)=C\CN(C)C. The van der Waals surface area contributed by atoms with Gasteiger partial charge in [-0.15, -0.1) is 11.3 Å². The van der Waals surface area contributed by atoms with E-state index in [1.54, 1.807) is 17.4 Å². The zero-order valence-electron chi connectivity index (χ0n) is 23.2. The molecule has 2 atom stereocenters. The minimum atomic E-state index is -0.426. The minimum absolute atomic E-state index is 0.168. The number of aryl methyl sites for hydroxylation is 1. The maximum Gasteiger partial charge on any atom is 0.331 e. The van der Waals surface area contributed by atoms with Crippen LogP contribution in [0.1, 0.15) is 64.1 Å². The number of esters is 2. The molecule has 0 fully saturated rings. The van der Waals surface area contributed by atoms with Gasteiger partial charge in [0, 0.05) is 37.3 Å². The molecule has 0 radical (unpaired) electrons. The van der Waals surface area contributed by atoms with Crippen molar-refractivity contribution in [2.75, 3.05) is 20.6 Å². The first-order valence-electron chi connectivity index (χ1n) is 13.0. The van der Waals surface area contributed by atoms with Gasteiger partial charge in [0.1, 0.15) is 12.2 Å². The van der Waals surface area contributed by atoms with Crippen molar-refractivity contribution in [2.24, 2.45) is 0 Å². The second-order valence-corrected chi connectivity index (χ2v) is 10.9. The van der Waals surface area contributed by atoms with Gasteiger partial charge in [0.2, 0.25) is 0 Å². The van der Waals surface area contributed by atoms with Crippen LogP contribution in [0.5, 0.6) is 0 Å². The molecule has 37 heavy (non-hydrogen) atoms. The van der Waals surface area contributed by atoms with E-state index in [0.29, 0.717) is 19.3 Å². The van der Waals surface area contributed by atoms with E-state index in [2.05, 4.69) is 29.4 Å². The van der Waals surface area contributed by atoms with E-state index in [-0.39, 0.29) is 12.1 Å². The molecule has 2 bridgehead atoms. The molecule has 2 unspecified atom stereocenters. The number of rotatable bonds is 5. The molecule has 202 valence electrons. The number of carbonyl (C=O) groups excluding carboxylic acids is 2. The standard InChI is InChI=1S/C30H42N2O4S/c1-22(16-17-32(5)6)14-15-24(3)19-27-20-28-31-26(21-37-28)11-7-8-12-29(33)35-25(4)18-23(2)10-9-13-30(34)36-27/h9-10,13-16,19,21,25,27H,7-8,11-12,17-18,20H2,1-6H3/b13-9-,15-14+,22-16+,23-10+,24-19+. The summed E-state index contributed by atoms with van der Waals surface area (Å²) in [5.74, 6) is -0.572. The average molecular weight is 527 g/mol. The van der Waals surface area contributed by atoms with Gasteiger partial charge in [0.05, 0.1) is 10.7 Å². The number of ether oxygens (including phenoxy) is 2. The number of hydrogen-bond acceptors (Lipinski definition) is 7. The minimum Gasteiger partial charge on any atom is -0.462 e. The lowest BCUT2D eigenvalue weighted by atomic mass is 10.1. The monoisotopic (exact) mass is 526 g/mol. The number of hydrogen-bond donors (Lipinski definition) is 0. The summed E-state index contributed by atoms with van der Waals surface area (Å²) in [6, 6.07) is 0. The Kier molecular flexibility index (Phi) is 13.3. The normalized spacial score (nSPS) is 24.0. The lowest BCUT2D eigenvalue weighted by Gasteiger charge is -2.13. The van der Waals surface area contributed by atoms with E-state index < -0.39 is 12.1 Å². The number of cyclic esters (lactones) is 2. The van der Waals surface area contributed by atoms with Gasteiger partial charge in [0.25, 0.3) is 0 Å². The molecule has 1 aliphatic rings. The summed E-state index contributed by atoms with van der Waals surface area (Å²) < 4.78 is 11.3.